The molecule has 15 heavy (non-hydrogen) atoms. The minimum atomic E-state index is -0.220. The molecule has 0 spiro atoms. The molecule has 1 rings (SSSR count). The maximum absolute atomic E-state index is 11.4. The third kappa shape index (κ3) is 5.02. The average molecular weight is 219 g/mol. The molecule has 0 bridgehead atoms. The van der Waals surface area contributed by atoms with Crippen molar-refractivity contribution in [2.75, 3.05) is 6.61 Å². The van der Waals surface area contributed by atoms with Gasteiger partial charge in [-0.1, -0.05) is 31.0 Å². The van der Waals surface area contributed by atoms with Gasteiger partial charge in [0.1, 0.15) is 0 Å². The summed E-state index contributed by atoms with van der Waals surface area (Å²) >= 11 is 0. The van der Waals surface area contributed by atoms with E-state index in [1.165, 1.54) is 0 Å². The molecule has 1 aromatic carbocycles. The van der Waals surface area contributed by atoms with E-state index in [-0.39, 0.29) is 23.3 Å². The Kier molecular flexibility index (Phi) is 7.12. The molecule has 0 aliphatic rings. The number of carbonyl (C=O) groups excluding carboxylic acids is 1. The Morgan fingerprint density at radius 2 is 2.13 bits per heavy atom. The molecule has 79 valence electrons. The molecule has 2 nitrogen and oxygen atoms in total. The van der Waals surface area contributed by atoms with Crippen molar-refractivity contribution in [3.8, 4) is 0 Å². The van der Waals surface area contributed by atoms with Crippen molar-refractivity contribution in [3.63, 3.8) is 0 Å². The summed E-state index contributed by atoms with van der Waals surface area (Å²) in [4.78, 5) is 11.4. The number of hydrogen-bond donors (Lipinski definition) is 0. The first kappa shape index (κ1) is 14.2. The lowest BCUT2D eigenvalue weighted by Crippen LogP contribution is -2.06. The SMILES string of the molecule is CCCCOC(=O)c1cccc(C)c1.[Al]. The summed E-state index contributed by atoms with van der Waals surface area (Å²) < 4.78 is 5.08. The monoisotopic (exact) mass is 219 g/mol. The highest BCUT2D eigenvalue weighted by Crippen LogP contribution is 2.05. The number of benzene rings is 1. The number of unbranched alkanes of at least 4 members (excludes halogenated alkanes) is 1. The van der Waals surface area contributed by atoms with Gasteiger partial charge in [-0.25, -0.2) is 4.79 Å². The van der Waals surface area contributed by atoms with E-state index in [4.69, 9.17) is 4.74 Å². The van der Waals surface area contributed by atoms with Crippen LogP contribution >= 0.6 is 0 Å². The number of rotatable bonds is 4. The number of hydrogen-bond acceptors (Lipinski definition) is 2. The van der Waals surface area contributed by atoms with Crippen LogP contribution in [0.4, 0.5) is 0 Å². The Labute approximate surface area is 102 Å². The van der Waals surface area contributed by atoms with Crippen molar-refractivity contribution in [3.05, 3.63) is 35.4 Å². The van der Waals surface area contributed by atoms with Gasteiger partial charge < -0.3 is 4.74 Å². The molecule has 1 aromatic rings. The number of carbonyl (C=O) groups is 1. The molecule has 0 aliphatic carbocycles. The van der Waals surface area contributed by atoms with Gasteiger partial charge in [-0.3, -0.25) is 0 Å². The van der Waals surface area contributed by atoms with Crippen LogP contribution < -0.4 is 0 Å². The Bertz CT molecular complexity index is 310. The lowest BCUT2D eigenvalue weighted by Gasteiger charge is -2.03. The lowest BCUT2D eigenvalue weighted by molar-refractivity contribution is 0.0499. The summed E-state index contributed by atoms with van der Waals surface area (Å²) in [7, 11) is 0. The van der Waals surface area contributed by atoms with E-state index in [9.17, 15) is 4.79 Å². The zero-order valence-electron chi connectivity index (χ0n) is 9.32. The Morgan fingerprint density at radius 3 is 2.73 bits per heavy atom. The fourth-order valence-corrected chi connectivity index (χ4v) is 1.16. The zero-order chi connectivity index (χ0) is 10.4. The Balaban J connectivity index is 0.00000196. The summed E-state index contributed by atoms with van der Waals surface area (Å²) in [5.41, 5.74) is 1.72. The third-order valence-corrected chi connectivity index (χ3v) is 1.98. The predicted molar refractivity (Wildman–Crippen MR) is 62.1 cm³/mol. The van der Waals surface area contributed by atoms with Gasteiger partial charge in [0, 0.05) is 17.4 Å². The predicted octanol–water partition coefficient (Wildman–Crippen LogP) is 2.57. The first-order chi connectivity index (χ1) is 6.74. The van der Waals surface area contributed by atoms with Crippen LogP contribution in [0.3, 0.4) is 0 Å². The van der Waals surface area contributed by atoms with Gasteiger partial charge in [0.05, 0.1) is 12.2 Å². The normalized spacial score (nSPS) is 9.20. The second kappa shape index (κ2) is 7.51. The van der Waals surface area contributed by atoms with Crippen molar-refractivity contribution in [1.82, 2.24) is 0 Å². The molecule has 0 fully saturated rings. The van der Waals surface area contributed by atoms with Crippen LogP contribution in [0.1, 0.15) is 35.7 Å². The quantitative estimate of drug-likeness (QED) is 0.442. The second-order valence-corrected chi connectivity index (χ2v) is 3.36. The van der Waals surface area contributed by atoms with E-state index >= 15 is 0 Å². The summed E-state index contributed by atoms with van der Waals surface area (Å²) in [5, 5.41) is 0. The van der Waals surface area contributed by atoms with E-state index < -0.39 is 0 Å². The summed E-state index contributed by atoms with van der Waals surface area (Å²) in [6.45, 7) is 4.55. The van der Waals surface area contributed by atoms with Crippen molar-refractivity contribution >= 4 is 23.3 Å². The molecule has 0 aliphatic heterocycles. The Morgan fingerprint density at radius 1 is 1.40 bits per heavy atom. The minimum absolute atomic E-state index is 0. The molecule has 0 saturated heterocycles. The molecule has 0 N–H and O–H groups in total. The average Bonchev–Trinajstić information content (AvgIpc) is 2.18. The standard InChI is InChI=1S/C12H16O2.Al/c1-3-4-8-14-12(13)11-7-5-6-10(2)9-11;/h5-7,9H,3-4,8H2,1-2H3;. The van der Waals surface area contributed by atoms with E-state index in [0.29, 0.717) is 12.2 Å². The van der Waals surface area contributed by atoms with Crippen LogP contribution in [0, 0.1) is 6.92 Å². The van der Waals surface area contributed by atoms with Gasteiger partial charge in [-0.15, -0.1) is 0 Å². The maximum atomic E-state index is 11.4. The lowest BCUT2D eigenvalue weighted by atomic mass is 10.1. The van der Waals surface area contributed by atoms with Crippen LogP contribution in [-0.2, 0) is 4.74 Å². The highest BCUT2D eigenvalue weighted by molar-refractivity contribution is 5.89. The fourth-order valence-electron chi connectivity index (χ4n) is 1.16. The highest BCUT2D eigenvalue weighted by Gasteiger charge is 2.05. The van der Waals surface area contributed by atoms with Crippen molar-refractivity contribution in [1.29, 1.82) is 0 Å². The van der Waals surface area contributed by atoms with Crippen LogP contribution in [0.2, 0.25) is 0 Å². The topological polar surface area (TPSA) is 26.3 Å². The van der Waals surface area contributed by atoms with E-state index in [1.807, 2.05) is 25.1 Å². The van der Waals surface area contributed by atoms with Crippen molar-refractivity contribution in [2.24, 2.45) is 0 Å². The van der Waals surface area contributed by atoms with E-state index in [2.05, 4.69) is 6.92 Å². The number of ether oxygens (including phenoxy) is 1. The van der Waals surface area contributed by atoms with Crippen LogP contribution in [-0.4, -0.2) is 29.9 Å². The van der Waals surface area contributed by atoms with Gasteiger partial charge in [0.25, 0.3) is 0 Å². The molecular weight excluding hydrogens is 203 g/mol. The molecule has 0 atom stereocenters. The van der Waals surface area contributed by atoms with Gasteiger partial charge in [-0.05, 0) is 25.5 Å². The van der Waals surface area contributed by atoms with Gasteiger partial charge in [-0.2, -0.15) is 0 Å². The molecule has 3 radical (unpaired) electrons. The highest BCUT2D eigenvalue weighted by atomic mass is 27.0. The largest absolute Gasteiger partial charge is 0.462 e. The molecule has 0 heterocycles. The minimum Gasteiger partial charge on any atom is -0.462 e. The van der Waals surface area contributed by atoms with Crippen molar-refractivity contribution in [2.45, 2.75) is 26.7 Å². The smallest absolute Gasteiger partial charge is 0.338 e. The van der Waals surface area contributed by atoms with Crippen LogP contribution in [0.25, 0.3) is 0 Å². The van der Waals surface area contributed by atoms with Gasteiger partial charge >= 0.3 is 5.97 Å². The summed E-state index contributed by atoms with van der Waals surface area (Å²) in [6.07, 6.45) is 1.97. The van der Waals surface area contributed by atoms with E-state index in [0.717, 1.165) is 18.4 Å². The summed E-state index contributed by atoms with van der Waals surface area (Å²) in [6, 6.07) is 7.45. The molecule has 0 amide bonds. The number of aryl methyl sites for hydroxylation is 1. The van der Waals surface area contributed by atoms with Gasteiger partial charge in [0.2, 0.25) is 0 Å². The fraction of sp³-hybridized carbons (Fsp3) is 0.417. The van der Waals surface area contributed by atoms with Crippen LogP contribution in [0.5, 0.6) is 0 Å². The molecule has 0 saturated carbocycles. The molecule has 3 heteroatoms. The first-order valence-electron chi connectivity index (χ1n) is 4.98. The molecular formula is C12H16AlO2. The molecule has 0 unspecified atom stereocenters. The maximum Gasteiger partial charge on any atom is 0.338 e. The zero-order valence-corrected chi connectivity index (χ0v) is 10.5. The Hall–Kier alpha value is -0.778. The first-order valence-corrected chi connectivity index (χ1v) is 4.98. The van der Waals surface area contributed by atoms with Crippen molar-refractivity contribution < 1.29 is 9.53 Å². The van der Waals surface area contributed by atoms with E-state index in [1.54, 1.807) is 6.07 Å². The molecule has 0 aromatic heterocycles. The van der Waals surface area contributed by atoms with Gasteiger partial charge in [0.15, 0.2) is 0 Å². The summed E-state index contributed by atoms with van der Waals surface area (Å²) in [5.74, 6) is -0.220. The van der Waals surface area contributed by atoms with Crippen LogP contribution in [0.15, 0.2) is 24.3 Å². The third-order valence-electron chi connectivity index (χ3n) is 1.98. The second-order valence-electron chi connectivity index (χ2n) is 3.36. The number of esters is 1.